The normalized spacial score (nSPS) is 11.8. The molecule has 0 saturated carbocycles. The predicted molar refractivity (Wildman–Crippen MR) is 82.3 cm³/mol. The highest BCUT2D eigenvalue weighted by atomic mass is 79.9. The van der Waals surface area contributed by atoms with E-state index in [-0.39, 0.29) is 18.5 Å². The lowest BCUT2D eigenvalue weighted by molar-refractivity contribution is -0.130. The first-order chi connectivity index (χ1) is 9.45. The van der Waals surface area contributed by atoms with Crippen LogP contribution in [-0.2, 0) is 11.2 Å². The van der Waals surface area contributed by atoms with E-state index in [2.05, 4.69) is 21.2 Å². The third-order valence-corrected chi connectivity index (χ3v) is 4.01. The predicted octanol–water partition coefficient (Wildman–Crippen LogP) is 1.90. The van der Waals surface area contributed by atoms with Gasteiger partial charge in [0.2, 0.25) is 5.91 Å². The fourth-order valence-corrected chi connectivity index (χ4v) is 2.41. The van der Waals surface area contributed by atoms with Gasteiger partial charge in [0.15, 0.2) is 0 Å². The van der Waals surface area contributed by atoms with Gasteiger partial charge in [-0.1, -0.05) is 41.1 Å². The van der Waals surface area contributed by atoms with Crippen LogP contribution in [0, 0.1) is 0 Å². The van der Waals surface area contributed by atoms with E-state index >= 15 is 0 Å². The average Bonchev–Trinajstić information content (AvgIpc) is 2.43. The summed E-state index contributed by atoms with van der Waals surface area (Å²) >= 11 is 3.51. The number of hydrogen-bond acceptors (Lipinski definition) is 2. The molecule has 1 aromatic rings. The molecule has 0 aliphatic rings. The largest absolute Gasteiger partial charge is 0.352 e. The summed E-state index contributed by atoms with van der Waals surface area (Å²) in [5, 5.41) is 2.32. The van der Waals surface area contributed by atoms with Gasteiger partial charge in [-0.2, -0.15) is 0 Å². The van der Waals surface area contributed by atoms with Gasteiger partial charge in [-0.25, -0.2) is 4.79 Å². The number of carbonyl (C=O) groups is 2. The zero-order chi connectivity index (χ0) is 15.1. The molecule has 0 unspecified atom stereocenters. The smallest absolute Gasteiger partial charge is 0.312 e. The minimum Gasteiger partial charge on any atom is -0.352 e. The number of halogens is 1. The molecule has 0 spiro atoms. The maximum atomic E-state index is 12.0. The van der Waals surface area contributed by atoms with Crippen LogP contribution in [0.3, 0.4) is 0 Å². The van der Waals surface area contributed by atoms with Crippen molar-refractivity contribution in [3.63, 3.8) is 0 Å². The number of hydrogen-bond donors (Lipinski definition) is 2. The molecule has 0 bridgehead atoms. The Morgan fingerprint density at radius 2 is 2.05 bits per heavy atom. The van der Waals surface area contributed by atoms with Crippen molar-refractivity contribution >= 4 is 27.9 Å². The molecule has 6 heteroatoms. The Bertz CT molecular complexity index is 479. The standard InChI is InChI=1S/C14H20BrN3O2/c1-3-11(8-10-6-4-5-7-12(10)15)18(2)13(19)9-17-14(16)20/h4-7,11H,3,8-9H2,1-2H3,(H3,16,17,20)/t11-/m0/s1. The molecule has 0 saturated heterocycles. The summed E-state index contributed by atoms with van der Waals surface area (Å²) < 4.78 is 1.04. The van der Waals surface area contributed by atoms with Crippen molar-refractivity contribution in [2.24, 2.45) is 5.73 Å². The molecule has 1 atom stereocenters. The number of nitrogens with two attached hydrogens (primary N) is 1. The van der Waals surface area contributed by atoms with E-state index in [1.165, 1.54) is 0 Å². The SMILES string of the molecule is CC[C@@H](Cc1ccccc1Br)N(C)C(=O)CNC(N)=O. The lowest BCUT2D eigenvalue weighted by Gasteiger charge is -2.28. The number of amides is 3. The van der Waals surface area contributed by atoms with Gasteiger partial charge in [-0.15, -0.1) is 0 Å². The van der Waals surface area contributed by atoms with Crippen LogP contribution in [0.2, 0.25) is 0 Å². The van der Waals surface area contributed by atoms with Crippen LogP contribution in [0.4, 0.5) is 4.79 Å². The summed E-state index contributed by atoms with van der Waals surface area (Å²) in [6.07, 6.45) is 1.59. The number of benzene rings is 1. The van der Waals surface area contributed by atoms with Crippen LogP contribution in [0.25, 0.3) is 0 Å². The zero-order valence-corrected chi connectivity index (χ0v) is 13.3. The van der Waals surface area contributed by atoms with Crippen molar-refractivity contribution < 1.29 is 9.59 Å². The molecule has 0 heterocycles. The lowest BCUT2D eigenvalue weighted by atomic mass is 10.0. The van der Waals surface area contributed by atoms with Crippen molar-refractivity contribution in [3.05, 3.63) is 34.3 Å². The molecule has 3 amide bonds. The highest BCUT2D eigenvalue weighted by Gasteiger charge is 2.19. The molecule has 0 aliphatic heterocycles. The Morgan fingerprint density at radius 1 is 1.40 bits per heavy atom. The van der Waals surface area contributed by atoms with E-state index in [4.69, 9.17) is 5.73 Å². The summed E-state index contributed by atoms with van der Waals surface area (Å²) in [7, 11) is 1.75. The number of nitrogens with one attached hydrogen (secondary N) is 1. The van der Waals surface area contributed by atoms with Crippen LogP contribution in [0.1, 0.15) is 18.9 Å². The quantitative estimate of drug-likeness (QED) is 0.828. The molecule has 0 fully saturated rings. The van der Waals surface area contributed by atoms with E-state index in [1.807, 2.05) is 31.2 Å². The van der Waals surface area contributed by atoms with Crippen molar-refractivity contribution in [1.29, 1.82) is 0 Å². The summed E-state index contributed by atoms with van der Waals surface area (Å²) in [6, 6.07) is 7.34. The third-order valence-electron chi connectivity index (χ3n) is 3.24. The lowest BCUT2D eigenvalue weighted by Crippen LogP contribution is -2.45. The molecule has 20 heavy (non-hydrogen) atoms. The monoisotopic (exact) mass is 341 g/mol. The topological polar surface area (TPSA) is 75.4 Å². The highest BCUT2D eigenvalue weighted by Crippen LogP contribution is 2.20. The van der Waals surface area contributed by atoms with Gasteiger partial charge in [-0.3, -0.25) is 4.79 Å². The Balaban J connectivity index is 2.68. The van der Waals surface area contributed by atoms with Crippen molar-refractivity contribution in [2.45, 2.75) is 25.8 Å². The van der Waals surface area contributed by atoms with Gasteiger partial charge >= 0.3 is 6.03 Å². The van der Waals surface area contributed by atoms with Crippen LogP contribution in [0.5, 0.6) is 0 Å². The molecule has 1 rings (SSSR count). The minimum absolute atomic E-state index is 0.0711. The minimum atomic E-state index is -0.689. The summed E-state index contributed by atoms with van der Waals surface area (Å²) in [6.45, 7) is 1.96. The molecule has 0 radical (unpaired) electrons. The molecule has 0 aliphatic carbocycles. The van der Waals surface area contributed by atoms with E-state index < -0.39 is 6.03 Å². The molecule has 1 aromatic carbocycles. The number of rotatable bonds is 6. The zero-order valence-electron chi connectivity index (χ0n) is 11.7. The average molecular weight is 342 g/mol. The van der Waals surface area contributed by atoms with Gasteiger partial charge in [0.05, 0.1) is 6.54 Å². The molecular weight excluding hydrogens is 322 g/mol. The summed E-state index contributed by atoms with van der Waals surface area (Å²) in [4.78, 5) is 24.3. The first-order valence-electron chi connectivity index (χ1n) is 6.48. The van der Waals surface area contributed by atoms with Gasteiger partial charge in [0.1, 0.15) is 0 Å². The fraction of sp³-hybridized carbons (Fsp3) is 0.429. The van der Waals surface area contributed by atoms with Gasteiger partial charge < -0.3 is 16.0 Å². The van der Waals surface area contributed by atoms with Crippen molar-refractivity contribution in [3.8, 4) is 0 Å². The summed E-state index contributed by atoms with van der Waals surface area (Å²) in [5.41, 5.74) is 6.12. The van der Waals surface area contributed by atoms with E-state index in [9.17, 15) is 9.59 Å². The number of primary amides is 1. The van der Waals surface area contributed by atoms with Crippen molar-refractivity contribution in [2.75, 3.05) is 13.6 Å². The Kier molecular flexibility index (Phi) is 6.51. The highest BCUT2D eigenvalue weighted by molar-refractivity contribution is 9.10. The second-order valence-electron chi connectivity index (χ2n) is 4.58. The van der Waals surface area contributed by atoms with Crippen molar-refractivity contribution in [1.82, 2.24) is 10.2 Å². The maximum Gasteiger partial charge on any atom is 0.312 e. The molecule has 5 nitrogen and oxygen atoms in total. The van der Waals surface area contributed by atoms with Crippen LogP contribution in [-0.4, -0.2) is 36.5 Å². The molecule has 110 valence electrons. The van der Waals surface area contributed by atoms with Crippen LogP contribution in [0.15, 0.2) is 28.7 Å². The van der Waals surface area contributed by atoms with E-state index in [0.717, 1.165) is 22.9 Å². The van der Waals surface area contributed by atoms with E-state index in [0.29, 0.717) is 0 Å². The molecule has 0 aromatic heterocycles. The number of urea groups is 1. The van der Waals surface area contributed by atoms with Gasteiger partial charge in [0, 0.05) is 17.6 Å². The van der Waals surface area contributed by atoms with Crippen LogP contribution >= 0.6 is 15.9 Å². The summed E-state index contributed by atoms with van der Waals surface area (Å²) in [5.74, 6) is -0.150. The number of nitrogens with zero attached hydrogens (tertiary/aromatic N) is 1. The first-order valence-corrected chi connectivity index (χ1v) is 7.27. The van der Waals surface area contributed by atoms with E-state index in [1.54, 1.807) is 11.9 Å². The second kappa shape index (κ2) is 7.89. The maximum absolute atomic E-state index is 12.0. The third kappa shape index (κ3) is 4.85. The van der Waals surface area contributed by atoms with Gasteiger partial charge in [0.25, 0.3) is 0 Å². The second-order valence-corrected chi connectivity index (χ2v) is 5.43. The van der Waals surface area contributed by atoms with Crippen LogP contribution < -0.4 is 11.1 Å². The Morgan fingerprint density at radius 3 is 2.60 bits per heavy atom. The molecular formula is C14H20BrN3O2. The molecule has 3 N–H and O–H groups in total. The Labute approximate surface area is 127 Å². The number of likely N-dealkylation sites (N-methyl/N-ethyl adjacent to an activating group) is 1. The fourth-order valence-electron chi connectivity index (χ4n) is 1.96. The van der Waals surface area contributed by atoms with Gasteiger partial charge in [-0.05, 0) is 24.5 Å². The Hall–Kier alpha value is -1.56. The first kappa shape index (κ1) is 16.5. The number of carbonyl (C=O) groups excluding carboxylic acids is 2.